The number of nitrogen functional groups attached to an aromatic ring is 1. The lowest BCUT2D eigenvalue weighted by Crippen LogP contribution is -1.96. The lowest BCUT2D eigenvalue weighted by Gasteiger charge is -2.03. The van der Waals surface area contributed by atoms with Crippen molar-refractivity contribution in [1.82, 2.24) is 9.78 Å². The van der Waals surface area contributed by atoms with Gasteiger partial charge in [-0.1, -0.05) is 0 Å². The first-order valence-electron chi connectivity index (χ1n) is 6.02. The summed E-state index contributed by atoms with van der Waals surface area (Å²) in [6.07, 6.45) is 3.31. The molecular weight excluding hydrogens is 322 g/mol. The van der Waals surface area contributed by atoms with E-state index in [0.717, 1.165) is 37.7 Å². The van der Waals surface area contributed by atoms with Crippen LogP contribution >= 0.6 is 15.9 Å². The minimum Gasteiger partial charge on any atom is -0.464 e. The number of fused-ring (bicyclic) bond motifs is 2. The molecule has 0 radical (unpaired) electrons. The van der Waals surface area contributed by atoms with Crippen LogP contribution in [0.4, 0.5) is 5.82 Å². The lowest BCUT2D eigenvalue weighted by molar-refractivity contribution is 0.611. The number of nitrogens with two attached hydrogens (primary N) is 1. The fraction of sp³-hybridized carbons (Fsp3) is 0.0714. The summed E-state index contributed by atoms with van der Waals surface area (Å²) in [7, 11) is 1.81. The number of anilines is 1. The van der Waals surface area contributed by atoms with Crippen molar-refractivity contribution in [2.45, 2.75) is 0 Å². The molecule has 5 nitrogen and oxygen atoms in total. The van der Waals surface area contributed by atoms with Gasteiger partial charge in [0.1, 0.15) is 17.0 Å². The maximum atomic E-state index is 5.88. The topological polar surface area (TPSA) is 70.1 Å². The van der Waals surface area contributed by atoms with Crippen molar-refractivity contribution >= 4 is 43.7 Å². The van der Waals surface area contributed by atoms with Crippen molar-refractivity contribution in [3.8, 4) is 11.3 Å². The normalized spacial score (nSPS) is 11.7. The van der Waals surface area contributed by atoms with Gasteiger partial charge in [-0.25, -0.2) is 0 Å². The Kier molecular flexibility index (Phi) is 2.26. The van der Waals surface area contributed by atoms with Crippen molar-refractivity contribution in [1.29, 1.82) is 0 Å². The van der Waals surface area contributed by atoms with Gasteiger partial charge >= 0.3 is 0 Å². The Bertz CT molecular complexity index is 877. The van der Waals surface area contributed by atoms with Crippen LogP contribution in [0, 0.1) is 0 Å². The third-order valence-corrected chi connectivity index (χ3v) is 4.22. The van der Waals surface area contributed by atoms with Gasteiger partial charge in [0.15, 0.2) is 0 Å². The van der Waals surface area contributed by atoms with Gasteiger partial charge in [0.05, 0.1) is 28.3 Å². The van der Waals surface area contributed by atoms with Crippen LogP contribution in [0.3, 0.4) is 0 Å². The molecular formula is C14H10BrN3O2. The molecule has 6 heteroatoms. The highest BCUT2D eigenvalue weighted by atomic mass is 79.9. The van der Waals surface area contributed by atoms with Gasteiger partial charge < -0.3 is 14.6 Å². The minimum absolute atomic E-state index is 0.597. The van der Waals surface area contributed by atoms with Crippen molar-refractivity contribution in [3.63, 3.8) is 0 Å². The van der Waals surface area contributed by atoms with E-state index in [2.05, 4.69) is 21.0 Å². The first kappa shape index (κ1) is 11.6. The molecule has 0 aliphatic heterocycles. The molecule has 4 aromatic rings. The summed E-state index contributed by atoms with van der Waals surface area (Å²) >= 11 is 3.56. The van der Waals surface area contributed by atoms with Crippen LogP contribution < -0.4 is 5.73 Å². The van der Waals surface area contributed by atoms with E-state index in [1.54, 1.807) is 17.2 Å². The van der Waals surface area contributed by atoms with Gasteiger partial charge in [0, 0.05) is 23.9 Å². The summed E-state index contributed by atoms with van der Waals surface area (Å²) in [6, 6.07) is 5.64. The fourth-order valence-electron chi connectivity index (χ4n) is 2.45. The van der Waals surface area contributed by atoms with Crippen LogP contribution in [-0.2, 0) is 7.05 Å². The largest absolute Gasteiger partial charge is 0.464 e. The predicted octanol–water partition coefficient (Wildman–Crippen LogP) is 3.92. The van der Waals surface area contributed by atoms with Crippen LogP contribution in [0.2, 0.25) is 0 Å². The average Bonchev–Trinajstić information content (AvgIpc) is 3.11. The smallest absolute Gasteiger partial charge is 0.149 e. The molecule has 0 spiro atoms. The molecule has 100 valence electrons. The zero-order chi connectivity index (χ0) is 13.9. The predicted molar refractivity (Wildman–Crippen MR) is 80.3 cm³/mol. The third-order valence-electron chi connectivity index (χ3n) is 3.43. The van der Waals surface area contributed by atoms with Crippen molar-refractivity contribution in [2.75, 3.05) is 5.73 Å². The summed E-state index contributed by atoms with van der Waals surface area (Å²) in [5.74, 6) is 0.597. The van der Waals surface area contributed by atoms with Crippen LogP contribution in [0.25, 0.3) is 33.2 Å². The SMILES string of the molecule is Cn1nc(-c2c3ccoc3c(Br)c3ccoc23)cc1N. The standard InChI is InChI=1S/C14H10BrN3O2/c1-18-10(16)6-9(17-18)11-7-2-4-20-14(7)12(15)8-3-5-19-13(8)11/h2-6H,16H2,1H3. The highest BCUT2D eigenvalue weighted by Crippen LogP contribution is 2.42. The number of furan rings is 2. The first-order chi connectivity index (χ1) is 9.66. The Morgan fingerprint density at radius 2 is 1.85 bits per heavy atom. The van der Waals surface area contributed by atoms with Gasteiger partial charge in [-0.05, 0) is 28.1 Å². The van der Waals surface area contributed by atoms with Crippen molar-refractivity contribution in [3.05, 3.63) is 35.2 Å². The number of aromatic nitrogens is 2. The number of nitrogens with zero attached hydrogens (tertiary/aromatic N) is 2. The average molecular weight is 332 g/mol. The first-order valence-corrected chi connectivity index (χ1v) is 6.82. The van der Waals surface area contributed by atoms with Gasteiger partial charge in [-0.15, -0.1) is 0 Å². The fourth-order valence-corrected chi connectivity index (χ4v) is 3.07. The number of hydrogen-bond acceptors (Lipinski definition) is 4. The zero-order valence-electron chi connectivity index (χ0n) is 10.6. The van der Waals surface area contributed by atoms with Crippen LogP contribution in [0.15, 0.2) is 44.0 Å². The Morgan fingerprint density at radius 1 is 1.15 bits per heavy atom. The number of hydrogen-bond donors (Lipinski definition) is 1. The minimum atomic E-state index is 0.597. The lowest BCUT2D eigenvalue weighted by atomic mass is 10.0. The second kappa shape index (κ2) is 3.89. The number of aryl methyl sites for hydroxylation is 1. The highest BCUT2D eigenvalue weighted by molar-refractivity contribution is 9.10. The number of halogens is 1. The summed E-state index contributed by atoms with van der Waals surface area (Å²) < 4.78 is 13.7. The molecule has 0 fully saturated rings. The highest BCUT2D eigenvalue weighted by Gasteiger charge is 2.20. The summed E-state index contributed by atoms with van der Waals surface area (Å²) in [5.41, 5.74) is 9.09. The molecule has 4 rings (SSSR count). The van der Waals surface area contributed by atoms with E-state index < -0.39 is 0 Å². The molecule has 0 bridgehead atoms. The molecule has 3 heterocycles. The Morgan fingerprint density at radius 3 is 2.55 bits per heavy atom. The van der Waals surface area contributed by atoms with Crippen LogP contribution in [0.5, 0.6) is 0 Å². The van der Waals surface area contributed by atoms with Gasteiger partial charge in [0.2, 0.25) is 0 Å². The molecule has 0 saturated carbocycles. The van der Waals surface area contributed by atoms with Gasteiger partial charge in [-0.3, -0.25) is 4.68 Å². The summed E-state index contributed by atoms with van der Waals surface area (Å²) in [4.78, 5) is 0. The van der Waals surface area contributed by atoms with Crippen LogP contribution in [0.1, 0.15) is 0 Å². The molecule has 1 aromatic carbocycles. The van der Waals surface area contributed by atoms with Gasteiger partial charge in [0.25, 0.3) is 0 Å². The third kappa shape index (κ3) is 1.39. The molecule has 3 aromatic heterocycles. The van der Waals surface area contributed by atoms with E-state index in [-0.39, 0.29) is 0 Å². The monoisotopic (exact) mass is 331 g/mol. The van der Waals surface area contributed by atoms with E-state index in [4.69, 9.17) is 14.6 Å². The summed E-state index contributed by atoms with van der Waals surface area (Å²) in [6.45, 7) is 0. The van der Waals surface area contributed by atoms with Crippen LogP contribution in [-0.4, -0.2) is 9.78 Å². The number of benzene rings is 1. The molecule has 0 aliphatic rings. The Labute approximate surface area is 122 Å². The maximum Gasteiger partial charge on any atom is 0.149 e. The molecule has 0 saturated heterocycles. The van der Waals surface area contributed by atoms with E-state index in [0.29, 0.717) is 5.82 Å². The number of rotatable bonds is 1. The molecule has 20 heavy (non-hydrogen) atoms. The molecule has 0 unspecified atom stereocenters. The second-order valence-electron chi connectivity index (χ2n) is 4.59. The maximum absolute atomic E-state index is 5.88. The molecule has 0 amide bonds. The Hall–Kier alpha value is -2.21. The molecule has 2 N–H and O–H groups in total. The van der Waals surface area contributed by atoms with E-state index >= 15 is 0 Å². The van der Waals surface area contributed by atoms with Crippen molar-refractivity contribution in [2.24, 2.45) is 7.05 Å². The van der Waals surface area contributed by atoms with E-state index in [1.807, 2.05) is 25.2 Å². The Balaban J connectivity index is 2.22. The summed E-state index contributed by atoms with van der Waals surface area (Å²) in [5, 5.41) is 6.34. The zero-order valence-corrected chi connectivity index (χ0v) is 12.1. The van der Waals surface area contributed by atoms with E-state index in [9.17, 15) is 0 Å². The molecule has 0 atom stereocenters. The molecule has 0 aliphatic carbocycles. The van der Waals surface area contributed by atoms with E-state index in [1.165, 1.54) is 0 Å². The van der Waals surface area contributed by atoms with Gasteiger partial charge in [-0.2, -0.15) is 5.10 Å². The van der Waals surface area contributed by atoms with Crippen molar-refractivity contribution < 1.29 is 8.83 Å². The second-order valence-corrected chi connectivity index (χ2v) is 5.39. The quantitative estimate of drug-likeness (QED) is 0.573.